The fourth-order valence-corrected chi connectivity index (χ4v) is 5.54. The van der Waals surface area contributed by atoms with Crippen molar-refractivity contribution in [3.05, 3.63) is 175 Å². The van der Waals surface area contributed by atoms with E-state index in [1.54, 1.807) is 0 Å². The first kappa shape index (κ1) is 25.4. The minimum Gasteiger partial charge on any atom is -0.311 e. The van der Waals surface area contributed by atoms with Crippen LogP contribution in [-0.4, -0.2) is 0 Å². The van der Waals surface area contributed by atoms with E-state index >= 15 is 0 Å². The van der Waals surface area contributed by atoms with Crippen LogP contribution in [0.15, 0.2) is 164 Å². The molecule has 1 nitrogen and oxygen atoms in total. The van der Waals surface area contributed by atoms with Gasteiger partial charge in [0.1, 0.15) is 0 Å². The van der Waals surface area contributed by atoms with Gasteiger partial charge >= 0.3 is 0 Å². The predicted molar refractivity (Wildman–Crippen MR) is 171 cm³/mol. The Morgan fingerprint density at radius 3 is 1.40 bits per heavy atom. The Hall–Kier alpha value is -4.88. The van der Waals surface area contributed by atoms with Crippen LogP contribution in [0, 0.1) is 0 Å². The molecule has 0 aliphatic carbocycles. The molecule has 6 aromatic carbocycles. The second kappa shape index (κ2) is 11.1. The Kier molecular flexibility index (Phi) is 7.04. The zero-order valence-electron chi connectivity index (χ0n) is 23.0. The molecular formula is C39H33N. The average molecular weight is 516 g/mol. The number of benzene rings is 6. The highest BCUT2D eigenvalue weighted by atomic mass is 15.1. The SMILES string of the molecule is CC(C)(c1ccccc1)c1ccccc1-c1ccc(N(c2ccccc2)c2ccc(-c3ccccc3)cc2)cc1. The molecule has 40 heavy (non-hydrogen) atoms. The van der Waals surface area contributed by atoms with Crippen LogP contribution in [-0.2, 0) is 5.41 Å². The molecule has 0 N–H and O–H groups in total. The van der Waals surface area contributed by atoms with Crippen LogP contribution in [0.3, 0.4) is 0 Å². The Bertz CT molecular complexity index is 1670. The average Bonchev–Trinajstić information content (AvgIpc) is 3.03. The molecular weight excluding hydrogens is 482 g/mol. The molecule has 0 fully saturated rings. The summed E-state index contributed by atoms with van der Waals surface area (Å²) in [7, 11) is 0. The Labute approximate surface area is 238 Å². The van der Waals surface area contributed by atoms with Gasteiger partial charge in [0.25, 0.3) is 0 Å². The largest absolute Gasteiger partial charge is 0.311 e. The number of nitrogens with zero attached hydrogens (tertiary/aromatic N) is 1. The predicted octanol–water partition coefficient (Wildman–Crippen LogP) is 10.8. The third-order valence-electron chi connectivity index (χ3n) is 7.78. The van der Waals surface area contributed by atoms with E-state index in [2.05, 4.69) is 183 Å². The van der Waals surface area contributed by atoms with E-state index in [0.29, 0.717) is 0 Å². The van der Waals surface area contributed by atoms with Gasteiger partial charge in [-0.05, 0) is 69.8 Å². The second-order valence-electron chi connectivity index (χ2n) is 10.7. The summed E-state index contributed by atoms with van der Waals surface area (Å²) < 4.78 is 0. The molecule has 6 rings (SSSR count). The van der Waals surface area contributed by atoms with Crippen LogP contribution in [0.25, 0.3) is 22.3 Å². The van der Waals surface area contributed by atoms with Crippen molar-refractivity contribution >= 4 is 17.1 Å². The van der Waals surface area contributed by atoms with E-state index in [1.165, 1.54) is 33.4 Å². The first-order valence-corrected chi connectivity index (χ1v) is 13.9. The standard InChI is InChI=1S/C39H33N/c1-39(2,33-16-8-4-9-17-33)38-21-13-12-20-37(38)32-24-28-36(29-25-32)40(34-18-10-5-11-19-34)35-26-22-31(23-27-35)30-14-6-3-7-15-30/h3-29H,1-2H3. The second-order valence-corrected chi connectivity index (χ2v) is 10.7. The van der Waals surface area contributed by atoms with Gasteiger partial charge in [-0.15, -0.1) is 0 Å². The summed E-state index contributed by atoms with van der Waals surface area (Å²) in [5, 5.41) is 0. The lowest BCUT2D eigenvalue weighted by Gasteiger charge is -2.29. The van der Waals surface area contributed by atoms with Gasteiger partial charge in [0.05, 0.1) is 0 Å². The van der Waals surface area contributed by atoms with E-state index in [1.807, 2.05) is 0 Å². The number of rotatable bonds is 7. The van der Waals surface area contributed by atoms with Gasteiger partial charge in [-0.1, -0.05) is 141 Å². The topological polar surface area (TPSA) is 3.24 Å². The van der Waals surface area contributed by atoms with Crippen LogP contribution in [0.4, 0.5) is 17.1 Å². The maximum absolute atomic E-state index is 2.32. The van der Waals surface area contributed by atoms with E-state index in [9.17, 15) is 0 Å². The van der Waals surface area contributed by atoms with Crippen LogP contribution < -0.4 is 4.90 Å². The highest BCUT2D eigenvalue weighted by molar-refractivity contribution is 5.80. The van der Waals surface area contributed by atoms with Crippen molar-refractivity contribution in [1.29, 1.82) is 0 Å². The summed E-state index contributed by atoms with van der Waals surface area (Å²) in [4.78, 5) is 2.32. The Balaban J connectivity index is 1.37. The molecule has 0 aromatic heterocycles. The van der Waals surface area contributed by atoms with Gasteiger partial charge in [0, 0.05) is 22.5 Å². The summed E-state index contributed by atoms with van der Waals surface area (Å²) in [6.45, 7) is 4.62. The van der Waals surface area contributed by atoms with Crippen molar-refractivity contribution < 1.29 is 0 Å². The molecule has 0 aliphatic rings. The van der Waals surface area contributed by atoms with E-state index in [0.717, 1.165) is 17.1 Å². The molecule has 1 heteroatoms. The van der Waals surface area contributed by atoms with Crippen LogP contribution in [0.2, 0.25) is 0 Å². The van der Waals surface area contributed by atoms with Gasteiger partial charge < -0.3 is 4.90 Å². The molecule has 0 saturated carbocycles. The normalized spacial score (nSPS) is 11.2. The molecule has 0 unspecified atom stereocenters. The number of anilines is 3. The van der Waals surface area contributed by atoms with Gasteiger partial charge in [-0.25, -0.2) is 0 Å². The molecule has 0 heterocycles. The van der Waals surface area contributed by atoms with Crippen LogP contribution >= 0.6 is 0 Å². The summed E-state index contributed by atoms with van der Waals surface area (Å²) in [6.07, 6.45) is 0. The number of hydrogen-bond donors (Lipinski definition) is 0. The molecule has 0 bridgehead atoms. The molecule has 0 atom stereocenters. The van der Waals surface area contributed by atoms with Crippen molar-refractivity contribution in [3.8, 4) is 22.3 Å². The molecule has 0 amide bonds. The van der Waals surface area contributed by atoms with Crippen molar-refractivity contribution in [2.45, 2.75) is 19.3 Å². The van der Waals surface area contributed by atoms with Gasteiger partial charge in [0.15, 0.2) is 0 Å². The van der Waals surface area contributed by atoms with Gasteiger partial charge in [-0.2, -0.15) is 0 Å². The molecule has 0 aliphatic heterocycles. The Morgan fingerprint density at radius 2 is 0.800 bits per heavy atom. The fraction of sp³-hybridized carbons (Fsp3) is 0.0769. The highest BCUT2D eigenvalue weighted by Crippen LogP contribution is 2.40. The molecule has 194 valence electrons. The van der Waals surface area contributed by atoms with Crippen molar-refractivity contribution in [2.24, 2.45) is 0 Å². The molecule has 0 saturated heterocycles. The molecule has 0 spiro atoms. The summed E-state index contributed by atoms with van der Waals surface area (Å²) >= 11 is 0. The Morgan fingerprint density at radius 1 is 0.375 bits per heavy atom. The van der Waals surface area contributed by atoms with E-state index < -0.39 is 0 Å². The first-order valence-electron chi connectivity index (χ1n) is 13.9. The monoisotopic (exact) mass is 515 g/mol. The lowest BCUT2D eigenvalue weighted by molar-refractivity contribution is 0.642. The molecule has 6 aromatic rings. The minimum absolute atomic E-state index is 0.118. The van der Waals surface area contributed by atoms with Crippen molar-refractivity contribution in [2.75, 3.05) is 4.90 Å². The van der Waals surface area contributed by atoms with Gasteiger partial charge in [0.2, 0.25) is 0 Å². The third kappa shape index (κ3) is 5.07. The number of para-hydroxylation sites is 1. The van der Waals surface area contributed by atoms with Crippen LogP contribution in [0.5, 0.6) is 0 Å². The number of hydrogen-bond acceptors (Lipinski definition) is 1. The zero-order valence-corrected chi connectivity index (χ0v) is 23.0. The maximum atomic E-state index is 2.32. The van der Waals surface area contributed by atoms with E-state index in [-0.39, 0.29) is 5.41 Å². The van der Waals surface area contributed by atoms with Gasteiger partial charge in [-0.3, -0.25) is 0 Å². The summed E-state index contributed by atoms with van der Waals surface area (Å²) in [5.41, 5.74) is 10.8. The lowest BCUT2D eigenvalue weighted by atomic mass is 9.75. The smallest absolute Gasteiger partial charge is 0.0462 e. The van der Waals surface area contributed by atoms with E-state index in [4.69, 9.17) is 0 Å². The minimum atomic E-state index is -0.118. The zero-order chi connectivity index (χ0) is 27.4. The highest BCUT2D eigenvalue weighted by Gasteiger charge is 2.26. The summed E-state index contributed by atoms with van der Waals surface area (Å²) in [5.74, 6) is 0. The van der Waals surface area contributed by atoms with Crippen molar-refractivity contribution in [3.63, 3.8) is 0 Å². The van der Waals surface area contributed by atoms with Crippen molar-refractivity contribution in [1.82, 2.24) is 0 Å². The first-order chi connectivity index (χ1) is 19.6. The maximum Gasteiger partial charge on any atom is 0.0462 e. The quantitative estimate of drug-likeness (QED) is 0.204. The van der Waals surface area contributed by atoms with Crippen LogP contribution in [0.1, 0.15) is 25.0 Å². The summed E-state index contributed by atoms with van der Waals surface area (Å²) in [6, 6.07) is 58.5. The third-order valence-corrected chi connectivity index (χ3v) is 7.78. The lowest BCUT2D eigenvalue weighted by Crippen LogP contribution is -2.19. The molecule has 0 radical (unpaired) electrons. The fourth-order valence-electron chi connectivity index (χ4n) is 5.54.